The third-order valence-corrected chi connectivity index (χ3v) is 5.03. The standard InChI is InChI=1S/C22H21N5O3S/c1-3-9-29-18-6-4-5-15(10-18)13-27-14-16(7-8-19(27)28)20-25-21(30-26-20)17-11-23-22(31-2)24-12-17/h4-8,10-12,14H,3,9,13H2,1-2H3. The zero-order chi connectivity index (χ0) is 21.6. The first-order valence-electron chi connectivity index (χ1n) is 9.79. The van der Waals surface area contributed by atoms with Crippen LogP contribution in [0.25, 0.3) is 22.8 Å². The lowest BCUT2D eigenvalue weighted by Gasteiger charge is -2.09. The first-order valence-corrected chi connectivity index (χ1v) is 11.0. The van der Waals surface area contributed by atoms with Crippen LogP contribution in [0.1, 0.15) is 18.9 Å². The predicted octanol–water partition coefficient (Wildman–Crippen LogP) is 3.91. The molecule has 0 atom stereocenters. The van der Waals surface area contributed by atoms with Gasteiger partial charge in [-0.05, 0) is 36.4 Å². The highest BCUT2D eigenvalue weighted by Crippen LogP contribution is 2.22. The molecule has 0 saturated carbocycles. The van der Waals surface area contributed by atoms with Crippen LogP contribution >= 0.6 is 11.8 Å². The SMILES string of the molecule is CCCOc1cccc(Cn2cc(-c3noc(-c4cnc(SC)nc4)n3)ccc2=O)c1. The number of benzene rings is 1. The van der Waals surface area contributed by atoms with Gasteiger partial charge in [-0.15, -0.1) is 0 Å². The minimum Gasteiger partial charge on any atom is -0.494 e. The number of hydrogen-bond acceptors (Lipinski definition) is 8. The minimum atomic E-state index is -0.117. The zero-order valence-corrected chi connectivity index (χ0v) is 18.0. The Bertz CT molecular complexity index is 1220. The van der Waals surface area contributed by atoms with Gasteiger partial charge in [0.15, 0.2) is 5.16 Å². The van der Waals surface area contributed by atoms with E-state index in [1.54, 1.807) is 29.2 Å². The van der Waals surface area contributed by atoms with E-state index in [1.807, 2.05) is 30.5 Å². The summed E-state index contributed by atoms with van der Waals surface area (Å²) >= 11 is 1.45. The molecule has 3 heterocycles. The van der Waals surface area contributed by atoms with Crippen molar-refractivity contribution < 1.29 is 9.26 Å². The Balaban J connectivity index is 1.57. The van der Waals surface area contributed by atoms with Crippen molar-refractivity contribution in [3.05, 3.63) is 70.9 Å². The number of rotatable bonds is 8. The second-order valence-electron chi connectivity index (χ2n) is 6.76. The van der Waals surface area contributed by atoms with E-state index in [-0.39, 0.29) is 5.56 Å². The lowest BCUT2D eigenvalue weighted by Crippen LogP contribution is -2.19. The van der Waals surface area contributed by atoms with Crippen molar-refractivity contribution in [1.82, 2.24) is 24.7 Å². The average molecular weight is 436 g/mol. The molecule has 4 rings (SSSR count). The molecule has 0 aliphatic heterocycles. The summed E-state index contributed by atoms with van der Waals surface area (Å²) in [7, 11) is 0. The molecule has 9 heteroatoms. The van der Waals surface area contributed by atoms with Gasteiger partial charge >= 0.3 is 0 Å². The van der Waals surface area contributed by atoms with E-state index in [2.05, 4.69) is 27.0 Å². The first kappa shape index (κ1) is 20.8. The fourth-order valence-corrected chi connectivity index (χ4v) is 3.24. The molecule has 0 unspecified atom stereocenters. The molecule has 3 aromatic heterocycles. The molecule has 8 nitrogen and oxygen atoms in total. The van der Waals surface area contributed by atoms with Crippen molar-refractivity contribution in [3.63, 3.8) is 0 Å². The first-order chi connectivity index (χ1) is 15.2. The summed E-state index contributed by atoms with van der Waals surface area (Å²) in [5.41, 5.74) is 2.16. The molecule has 4 aromatic rings. The zero-order valence-electron chi connectivity index (χ0n) is 17.2. The van der Waals surface area contributed by atoms with Gasteiger partial charge in [0.25, 0.3) is 11.4 Å². The maximum atomic E-state index is 12.4. The van der Waals surface area contributed by atoms with Gasteiger partial charge in [0.05, 0.1) is 18.7 Å². The summed E-state index contributed by atoms with van der Waals surface area (Å²) in [6.07, 6.45) is 7.86. The van der Waals surface area contributed by atoms with Gasteiger partial charge in [0, 0.05) is 30.2 Å². The van der Waals surface area contributed by atoms with E-state index in [1.165, 1.54) is 17.8 Å². The monoisotopic (exact) mass is 435 g/mol. The molecule has 0 spiro atoms. The Morgan fingerprint density at radius 2 is 1.97 bits per heavy atom. The van der Waals surface area contributed by atoms with Crippen LogP contribution in [0.3, 0.4) is 0 Å². The van der Waals surface area contributed by atoms with Crippen LogP contribution in [0, 0.1) is 0 Å². The van der Waals surface area contributed by atoms with Crippen molar-refractivity contribution in [2.75, 3.05) is 12.9 Å². The Hall–Kier alpha value is -3.46. The maximum absolute atomic E-state index is 12.4. The topological polar surface area (TPSA) is 95.9 Å². The number of ether oxygens (including phenoxy) is 1. The Morgan fingerprint density at radius 1 is 1.13 bits per heavy atom. The second kappa shape index (κ2) is 9.57. The van der Waals surface area contributed by atoms with Gasteiger partial charge in [0.2, 0.25) is 5.82 Å². The second-order valence-corrected chi connectivity index (χ2v) is 7.53. The number of hydrogen-bond donors (Lipinski definition) is 0. The summed E-state index contributed by atoms with van der Waals surface area (Å²) < 4.78 is 12.7. The molecule has 0 N–H and O–H groups in total. The van der Waals surface area contributed by atoms with E-state index in [9.17, 15) is 4.79 Å². The number of pyridine rings is 1. The van der Waals surface area contributed by atoms with E-state index < -0.39 is 0 Å². The number of nitrogens with zero attached hydrogens (tertiary/aromatic N) is 5. The predicted molar refractivity (Wildman–Crippen MR) is 118 cm³/mol. The normalized spacial score (nSPS) is 10.9. The van der Waals surface area contributed by atoms with Gasteiger partial charge in [-0.25, -0.2) is 9.97 Å². The largest absolute Gasteiger partial charge is 0.494 e. The molecule has 0 saturated heterocycles. The van der Waals surface area contributed by atoms with Gasteiger partial charge in [0.1, 0.15) is 5.75 Å². The summed E-state index contributed by atoms with van der Waals surface area (Å²) in [6, 6.07) is 10.9. The van der Waals surface area contributed by atoms with Gasteiger partial charge in [-0.1, -0.05) is 36.0 Å². The highest BCUT2D eigenvalue weighted by atomic mass is 32.2. The van der Waals surface area contributed by atoms with Crippen molar-refractivity contribution in [2.24, 2.45) is 0 Å². The molecule has 0 aliphatic rings. The molecule has 0 amide bonds. The molecule has 0 aliphatic carbocycles. The van der Waals surface area contributed by atoms with Crippen LogP contribution in [-0.4, -0.2) is 37.5 Å². The molecule has 158 valence electrons. The fourth-order valence-electron chi connectivity index (χ4n) is 2.93. The van der Waals surface area contributed by atoms with Crippen LogP contribution in [-0.2, 0) is 6.54 Å². The van der Waals surface area contributed by atoms with Crippen molar-refractivity contribution in [3.8, 4) is 28.6 Å². The number of aromatic nitrogens is 5. The quantitative estimate of drug-likeness (QED) is 0.304. The average Bonchev–Trinajstić information content (AvgIpc) is 3.30. The van der Waals surface area contributed by atoms with Crippen molar-refractivity contribution >= 4 is 11.8 Å². The van der Waals surface area contributed by atoms with E-state index in [4.69, 9.17) is 9.26 Å². The number of thioether (sulfide) groups is 1. The van der Waals surface area contributed by atoms with Gasteiger partial charge in [-0.2, -0.15) is 4.98 Å². The third-order valence-electron chi connectivity index (χ3n) is 4.45. The molecule has 0 fully saturated rings. The molecular formula is C22H21N5O3S. The summed E-state index contributed by atoms with van der Waals surface area (Å²) in [4.78, 5) is 25.3. The third kappa shape index (κ3) is 5.00. The molecule has 1 aromatic carbocycles. The van der Waals surface area contributed by atoms with Crippen LogP contribution in [0.4, 0.5) is 0 Å². The molecular weight excluding hydrogens is 414 g/mol. The lowest BCUT2D eigenvalue weighted by atomic mass is 10.2. The van der Waals surface area contributed by atoms with Crippen LogP contribution in [0.2, 0.25) is 0 Å². The van der Waals surface area contributed by atoms with Crippen LogP contribution in [0.5, 0.6) is 5.75 Å². The highest BCUT2D eigenvalue weighted by Gasteiger charge is 2.13. The molecule has 31 heavy (non-hydrogen) atoms. The summed E-state index contributed by atoms with van der Waals surface area (Å²) in [6.45, 7) is 3.12. The van der Waals surface area contributed by atoms with Crippen molar-refractivity contribution in [2.45, 2.75) is 25.0 Å². The Kier molecular flexibility index (Phi) is 6.42. The molecule has 0 radical (unpaired) electrons. The van der Waals surface area contributed by atoms with Crippen LogP contribution in [0.15, 0.2) is 69.5 Å². The maximum Gasteiger partial charge on any atom is 0.261 e. The summed E-state index contributed by atoms with van der Waals surface area (Å²) in [5, 5.41) is 4.72. The van der Waals surface area contributed by atoms with Crippen LogP contribution < -0.4 is 10.3 Å². The fraction of sp³-hybridized carbons (Fsp3) is 0.227. The Morgan fingerprint density at radius 3 is 2.74 bits per heavy atom. The van der Waals surface area contributed by atoms with E-state index in [0.717, 1.165) is 17.7 Å². The molecule has 0 bridgehead atoms. The summed E-state index contributed by atoms with van der Waals surface area (Å²) in [5.74, 6) is 1.50. The smallest absolute Gasteiger partial charge is 0.261 e. The van der Waals surface area contributed by atoms with Crippen molar-refractivity contribution in [1.29, 1.82) is 0 Å². The Labute approximate surface area is 183 Å². The van der Waals surface area contributed by atoms with E-state index >= 15 is 0 Å². The lowest BCUT2D eigenvalue weighted by molar-refractivity contribution is 0.317. The van der Waals surface area contributed by atoms with Gasteiger partial charge in [-0.3, -0.25) is 4.79 Å². The highest BCUT2D eigenvalue weighted by molar-refractivity contribution is 7.98. The minimum absolute atomic E-state index is 0.117. The van der Waals surface area contributed by atoms with E-state index in [0.29, 0.717) is 41.2 Å². The van der Waals surface area contributed by atoms with Gasteiger partial charge < -0.3 is 13.8 Å².